The molecule has 0 atom stereocenters. The van der Waals surface area contributed by atoms with E-state index in [0.29, 0.717) is 4.90 Å². The molecule has 4 nitrogen and oxygen atoms in total. The summed E-state index contributed by atoms with van der Waals surface area (Å²) in [6, 6.07) is 5.73. The lowest BCUT2D eigenvalue weighted by molar-refractivity contribution is -0.787. The van der Waals surface area contributed by atoms with E-state index in [0.717, 1.165) is 24.0 Å². The first-order chi connectivity index (χ1) is 11.1. The van der Waals surface area contributed by atoms with Crippen LogP contribution in [0.15, 0.2) is 23.1 Å². The third kappa shape index (κ3) is 5.05. The Labute approximate surface area is 153 Å². The number of quaternary nitrogens is 1. The Bertz CT molecular complexity index is 727. The highest BCUT2D eigenvalue weighted by Gasteiger charge is 2.43. The van der Waals surface area contributed by atoms with Crippen molar-refractivity contribution >= 4 is 10.0 Å². The van der Waals surface area contributed by atoms with E-state index in [1.165, 1.54) is 0 Å². The Morgan fingerprint density at radius 1 is 1.08 bits per heavy atom. The Hall–Kier alpha value is -0.910. The van der Waals surface area contributed by atoms with Gasteiger partial charge in [0.05, 0.1) is 16.0 Å². The molecule has 0 radical (unpaired) electrons. The van der Waals surface area contributed by atoms with Crippen molar-refractivity contribution < 1.29 is 13.7 Å². The highest BCUT2D eigenvalue weighted by molar-refractivity contribution is 7.89. The van der Waals surface area contributed by atoms with E-state index in [1.54, 1.807) is 0 Å². The third-order valence-electron chi connectivity index (χ3n) is 4.99. The summed E-state index contributed by atoms with van der Waals surface area (Å²) in [5, 5.41) is 2.36. The largest absolute Gasteiger partial charge is 0.337 e. The van der Waals surface area contributed by atoms with Crippen LogP contribution in [0.2, 0.25) is 0 Å². The summed E-state index contributed by atoms with van der Waals surface area (Å²) < 4.78 is 29.2. The molecule has 3 N–H and O–H groups in total. The number of nitrogens with two attached hydrogens (primary N) is 1. The molecule has 0 spiro atoms. The van der Waals surface area contributed by atoms with Crippen LogP contribution >= 0.6 is 0 Å². The van der Waals surface area contributed by atoms with Crippen LogP contribution in [0.25, 0.3) is 0 Å². The average Bonchev–Trinajstić information content (AvgIpc) is 2.32. The van der Waals surface area contributed by atoms with Crippen LogP contribution in [0.3, 0.4) is 0 Å². The smallest absolute Gasteiger partial charge is 0.241 e. The van der Waals surface area contributed by atoms with Gasteiger partial charge in [0.25, 0.3) is 0 Å². The number of hydrogen-bond donors (Lipinski definition) is 2. The van der Waals surface area contributed by atoms with E-state index >= 15 is 0 Å². The molecule has 1 fully saturated rings. The molecule has 1 heterocycles. The fraction of sp³-hybridized carbons (Fsp3) is 0.700. The van der Waals surface area contributed by atoms with Gasteiger partial charge >= 0.3 is 0 Å². The fourth-order valence-corrected chi connectivity index (χ4v) is 5.75. The molecule has 0 saturated carbocycles. The molecule has 5 heteroatoms. The molecule has 1 aliphatic heterocycles. The lowest BCUT2D eigenvalue weighted by Gasteiger charge is -2.43. The van der Waals surface area contributed by atoms with Crippen molar-refractivity contribution in [2.45, 2.75) is 95.7 Å². The normalized spacial score (nSPS) is 21.3. The standard InChI is InChI=1S/C20H34N2O2S/c1-14-9-10-15(18(2,3)4)11-17(14)25(23,24)21-16-12-19(5,6)22-20(7,8)13-16/h9-11,16,21-22H,12-13H2,1-8H3/p+1. The van der Waals surface area contributed by atoms with E-state index in [9.17, 15) is 8.42 Å². The molecular formula is C20H35N2O2S+. The van der Waals surface area contributed by atoms with Crippen molar-refractivity contribution in [3.8, 4) is 0 Å². The molecule has 0 aliphatic carbocycles. The lowest BCUT2D eigenvalue weighted by Crippen LogP contribution is -3.06. The quantitative estimate of drug-likeness (QED) is 0.863. The molecule has 0 unspecified atom stereocenters. The molecule has 0 amide bonds. The summed E-state index contributed by atoms with van der Waals surface area (Å²) in [7, 11) is -3.54. The number of benzene rings is 1. The molecule has 142 valence electrons. The zero-order valence-electron chi connectivity index (χ0n) is 17.0. The van der Waals surface area contributed by atoms with E-state index in [-0.39, 0.29) is 22.5 Å². The first-order valence-corrected chi connectivity index (χ1v) is 10.6. The number of nitrogens with one attached hydrogen (secondary N) is 1. The monoisotopic (exact) mass is 367 g/mol. The van der Waals surface area contributed by atoms with Crippen LogP contribution in [-0.4, -0.2) is 25.5 Å². The maximum absolute atomic E-state index is 13.1. The van der Waals surface area contributed by atoms with E-state index < -0.39 is 10.0 Å². The van der Waals surface area contributed by atoms with Crippen LogP contribution in [0.5, 0.6) is 0 Å². The number of hydrogen-bond acceptors (Lipinski definition) is 2. The van der Waals surface area contributed by atoms with Crippen molar-refractivity contribution in [1.82, 2.24) is 4.72 Å². The zero-order chi connectivity index (χ0) is 19.3. The summed E-state index contributed by atoms with van der Waals surface area (Å²) in [5.41, 5.74) is 1.80. The predicted octanol–water partition coefficient (Wildman–Crippen LogP) is 2.85. The van der Waals surface area contributed by atoms with Crippen molar-refractivity contribution in [3.05, 3.63) is 29.3 Å². The van der Waals surface area contributed by atoms with Crippen LogP contribution in [-0.2, 0) is 15.4 Å². The molecule has 0 aromatic heterocycles. The van der Waals surface area contributed by atoms with Gasteiger partial charge < -0.3 is 5.32 Å². The third-order valence-corrected chi connectivity index (χ3v) is 6.65. The second-order valence-electron chi connectivity index (χ2n) is 10.1. The van der Waals surface area contributed by atoms with Crippen LogP contribution in [0.4, 0.5) is 0 Å². The first-order valence-electron chi connectivity index (χ1n) is 9.12. The summed E-state index contributed by atoms with van der Waals surface area (Å²) in [6.07, 6.45) is 1.65. The summed E-state index contributed by atoms with van der Waals surface area (Å²) in [5.74, 6) is 0. The van der Waals surface area contributed by atoms with Gasteiger partial charge in [-0.1, -0.05) is 32.9 Å². The average molecular weight is 368 g/mol. The predicted molar refractivity (Wildman–Crippen MR) is 103 cm³/mol. The molecule has 0 bridgehead atoms. The second kappa shape index (κ2) is 6.36. The summed E-state index contributed by atoms with van der Waals surface area (Å²) in [4.78, 5) is 0.407. The van der Waals surface area contributed by atoms with Crippen LogP contribution < -0.4 is 10.0 Å². The van der Waals surface area contributed by atoms with Gasteiger partial charge in [-0.3, -0.25) is 0 Å². The van der Waals surface area contributed by atoms with E-state index in [4.69, 9.17) is 0 Å². The maximum atomic E-state index is 13.1. The van der Waals surface area contributed by atoms with E-state index in [1.807, 2.05) is 25.1 Å². The Kier molecular flexibility index (Phi) is 5.19. The molecule has 1 aliphatic rings. The zero-order valence-corrected chi connectivity index (χ0v) is 17.8. The van der Waals surface area contributed by atoms with Gasteiger partial charge in [0.2, 0.25) is 10.0 Å². The highest BCUT2D eigenvalue weighted by atomic mass is 32.2. The van der Waals surface area contributed by atoms with Gasteiger partial charge in [-0.05, 0) is 57.2 Å². The molecule has 1 aromatic rings. The first kappa shape index (κ1) is 20.4. The van der Waals surface area contributed by atoms with Gasteiger partial charge in [0, 0.05) is 18.9 Å². The van der Waals surface area contributed by atoms with Gasteiger partial charge in [-0.2, -0.15) is 0 Å². The van der Waals surface area contributed by atoms with Crippen molar-refractivity contribution in [3.63, 3.8) is 0 Å². The summed E-state index contributed by atoms with van der Waals surface area (Å²) in [6.45, 7) is 16.9. The van der Waals surface area contributed by atoms with Gasteiger partial charge in [0.15, 0.2) is 0 Å². The Morgan fingerprint density at radius 3 is 2.08 bits per heavy atom. The van der Waals surface area contributed by atoms with Crippen molar-refractivity contribution in [2.75, 3.05) is 0 Å². The van der Waals surface area contributed by atoms with Gasteiger partial charge in [-0.15, -0.1) is 0 Å². The number of rotatable bonds is 3. The van der Waals surface area contributed by atoms with Gasteiger partial charge in [-0.25, -0.2) is 13.1 Å². The minimum atomic E-state index is -3.54. The minimum absolute atomic E-state index is 0.0250. The lowest BCUT2D eigenvalue weighted by atomic mass is 9.80. The topological polar surface area (TPSA) is 62.8 Å². The number of piperidine rings is 1. The number of aryl methyl sites for hydroxylation is 1. The molecule has 1 aromatic carbocycles. The van der Waals surface area contributed by atoms with Crippen molar-refractivity contribution in [1.29, 1.82) is 0 Å². The van der Waals surface area contributed by atoms with Crippen molar-refractivity contribution in [2.24, 2.45) is 0 Å². The Balaban J connectivity index is 2.34. The molecule has 25 heavy (non-hydrogen) atoms. The molecular weight excluding hydrogens is 332 g/mol. The fourth-order valence-electron chi connectivity index (χ4n) is 4.24. The van der Waals surface area contributed by atoms with E-state index in [2.05, 4.69) is 58.5 Å². The molecule has 2 rings (SSSR count). The maximum Gasteiger partial charge on any atom is 0.241 e. The van der Waals surface area contributed by atoms with Crippen LogP contribution in [0.1, 0.15) is 72.4 Å². The highest BCUT2D eigenvalue weighted by Crippen LogP contribution is 2.28. The second-order valence-corrected chi connectivity index (χ2v) is 11.8. The SMILES string of the molecule is Cc1ccc(C(C)(C)C)cc1S(=O)(=O)NC1CC(C)(C)[NH2+]C(C)(C)C1. The van der Waals surface area contributed by atoms with Crippen LogP contribution in [0, 0.1) is 6.92 Å². The van der Waals surface area contributed by atoms with Gasteiger partial charge in [0.1, 0.15) is 0 Å². The Morgan fingerprint density at radius 2 is 1.60 bits per heavy atom. The minimum Gasteiger partial charge on any atom is -0.337 e. The number of sulfonamides is 1. The summed E-state index contributed by atoms with van der Waals surface area (Å²) >= 11 is 0. The molecule has 1 saturated heterocycles.